The van der Waals surface area contributed by atoms with Crippen molar-refractivity contribution in [1.29, 1.82) is 0 Å². The van der Waals surface area contributed by atoms with Crippen molar-refractivity contribution in [3.63, 3.8) is 0 Å². The third-order valence-electron chi connectivity index (χ3n) is 4.43. The number of benzene rings is 1. The van der Waals surface area contributed by atoms with Gasteiger partial charge in [-0.2, -0.15) is 0 Å². The van der Waals surface area contributed by atoms with E-state index >= 15 is 0 Å². The number of hydrogen-bond acceptors (Lipinski definition) is 4. The zero-order valence-electron chi connectivity index (χ0n) is 17.0. The number of anilines is 1. The van der Waals surface area contributed by atoms with Crippen LogP contribution in [0.4, 0.5) is 5.69 Å². The van der Waals surface area contributed by atoms with Gasteiger partial charge in [0.05, 0.1) is 6.61 Å². The van der Waals surface area contributed by atoms with Gasteiger partial charge in [0.25, 0.3) is 0 Å². The van der Waals surface area contributed by atoms with Crippen molar-refractivity contribution in [2.75, 3.05) is 25.1 Å². The second-order valence-corrected chi connectivity index (χ2v) is 6.93. The van der Waals surface area contributed by atoms with Gasteiger partial charge >= 0.3 is 0 Å². The maximum absolute atomic E-state index is 12.3. The zero-order chi connectivity index (χ0) is 20.8. The lowest BCUT2D eigenvalue weighted by Gasteiger charge is -2.18. The maximum Gasteiger partial charge on any atom is 0.224 e. The Kier molecular flexibility index (Phi) is 11.5. The summed E-state index contributed by atoms with van der Waals surface area (Å²) in [6.07, 6.45) is 5.78. The SMILES string of the molecule is C=CCOCCCCC(=O)Nc1cccc(C(C)=O)c1CC(C)CCNC=O. The molecule has 0 aliphatic heterocycles. The van der Waals surface area contributed by atoms with Crippen molar-refractivity contribution in [2.45, 2.75) is 46.0 Å². The predicted molar refractivity (Wildman–Crippen MR) is 111 cm³/mol. The van der Waals surface area contributed by atoms with Crippen molar-refractivity contribution in [3.05, 3.63) is 42.0 Å². The van der Waals surface area contributed by atoms with E-state index < -0.39 is 0 Å². The number of hydrogen-bond donors (Lipinski definition) is 2. The summed E-state index contributed by atoms with van der Waals surface area (Å²) in [5.74, 6) is 0.162. The van der Waals surface area contributed by atoms with Crippen molar-refractivity contribution in [1.82, 2.24) is 5.32 Å². The number of rotatable bonds is 15. The van der Waals surface area contributed by atoms with E-state index in [1.54, 1.807) is 18.2 Å². The quantitative estimate of drug-likeness (QED) is 0.208. The van der Waals surface area contributed by atoms with Gasteiger partial charge in [0, 0.05) is 30.8 Å². The smallest absolute Gasteiger partial charge is 0.224 e. The lowest BCUT2D eigenvalue weighted by molar-refractivity contribution is -0.116. The number of unbranched alkanes of at least 4 members (excludes halogenated alkanes) is 1. The third kappa shape index (κ3) is 8.95. The molecule has 0 fully saturated rings. The van der Waals surface area contributed by atoms with E-state index in [4.69, 9.17) is 4.74 Å². The van der Waals surface area contributed by atoms with Gasteiger partial charge in [-0.05, 0) is 50.2 Å². The Bertz CT molecular complexity index is 658. The number of Topliss-reactive ketones (excluding diaryl/α,β-unsaturated/α-hetero) is 1. The Labute approximate surface area is 167 Å². The third-order valence-corrected chi connectivity index (χ3v) is 4.43. The first-order chi connectivity index (χ1) is 13.5. The molecule has 1 aromatic carbocycles. The van der Waals surface area contributed by atoms with Crippen LogP contribution in [-0.4, -0.2) is 37.9 Å². The molecule has 0 aliphatic carbocycles. The molecule has 28 heavy (non-hydrogen) atoms. The van der Waals surface area contributed by atoms with Crippen molar-refractivity contribution in [3.8, 4) is 0 Å². The molecule has 1 atom stereocenters. The van der Waals surface area contributed by atoms with Gasteiger partial charge in [-0.25, -0.2) is 0 Å². The summed E-state index contributed by atoms with van der Waals surface area (Å²) in [4.78, 5) is 34.8. The zero-order valence-corrected chi connectivity index (χ0v) is 17.0. The number of nitrogens with one attached hydrogen (secondary N) is 2. The van der Waals surface area contributed by atoms with E-state index in [2.05, 4.69) is 24.1 Å². The summed E-state index contributed by atoms with van der Waals surface area (Å²) in [5.41, 5.74) is 2.18. The Morgan fingerprint density at radius 1 is 1.29 bits per heavy atom. The molecule has 0 radical (unpaired) electrons. The molecule has 6 nitrogen and oxygen atoms in total. The summed E-state index contributed by atoms with van der Waals surface area (Å²) >= 11 is 0. The van der Waals surface area contributed by atoms with Crippen LogP contribution in [0.5, 0.6) is 0 Å². The highest BCUT2D eigenvalue weighted by molar-refractivity contribution is 5.99. The minimum absolute atomic E-state index is 0.0244. The average Bonchev–Trinajstić information content (AvgIpc) is 2.66. The summed E-state index contributed by atoms with van der Waals surface area (Å²) in [6.45, 7) is 8.91. The predicted octanol–water partition coefficient (Wildman–Crippen LogP) is 3.52. The van der Waals surface area contributed by atoms with Crippen LogP contribution >= 0.6 is 0 Å². The van der Waals surface area contributed by atoms with E-state index in [0.717, 1.165) is 24.8 Å². The fraction of sp³-hybridized carbons (Fsp3) is 0.500. The van der Waals surface area contributed by atoms with E-state index in [1.807, 2.05) is 6.07 Å². The molecule has 154 valence electrons. The van der Waals surface area contributed by atoms with Gasteiger partial charge < -0.3 is 15.4 Å². The van der Waals surface area contributed by atoms with E-state index in [0.29, 0.717) is 50.3 Å². The monoisotopic (exact) mass is 388 g/mol. The van der Waals surface area contributed by atoms with Crippen molar-refractivity contribution < 1.29 is 19.1 Å². The Morgan fingerprint density at radius 3 is 2.75 bits per heavy atom. The first-order valence-corrected chi connectivity index (χ1v) is 9.77. The molecule has 1 rings (SSSR count). The summed E-state index contributed by atoms with van der Waals surface area (Å²) < 4.78 is 5.31. The average molecular weight is 389 g/mol. The Morgan fingerprint density at radius 2 is 2.07 bits per heavy atom. The molecule has 0 saturated heterocycles. The lowest BCUT2D eigenvalue weighted by atomic mass is 9.91. The molecule has 2 N–H and O–H groups in total. The van der Waals surface area contributed by atoms with Gasteiger partial charge in [0.1, 0.15) is 0 Å². The molecular weight excluding hydrogens is 356 g/mol. The van der Waals surface area contributed by atoms with Crippen LogP contribution < -0.4 is 10.6 Å². The molecular formula is C22H32N2O4. The number of carbonyl (C=O) groups is 3. The minimum Gasteiger partial charge on any atom is -0.377 e. The van der Waals surface area contributed by atoms with E-state index in [-0.39, 0.29) is 17.6 Å². The van der Waals surface area contributed by atoms with Crippen LogP contribution in [0.15, 0.2) is 30.9 Å². The normalized spacial score (nSPS) is 11.5. The molecule has 0 saturated carbocycles. The summed E-state index contributed by atoms with van der Waals surface area (Å²) in [6, 6.07) is 5.42. The highest BCUT2D eigenvalue weighted by atomic mass is 16.5. The number of carbonyl (C=O) groups excluding carboxylic acids is 3. The molecule has 0 heterocycles. The highest BCUT2D eigenvalue weighted by Gasteiger charge is 2.16. The van der Waals surface area contributed by atoms with Gasteiger partial charge in [-0.1, -0.05) is 25.1 Å². The van der Waals surface area contributed by atoms with Crippen LogP contribution in [0.1, 0.15) is 55.5 Å². The van der Waals surface area contributed by atoms with Crippen LogP contribution in [0.2, 0.25) is 0 Å². The van der Waals surface area contributed by atoms with Gasteiger partial charge in [0.2, 0.25) is 12.3 Å². The first-order valence-electron chi connectivity index (χ1n) is 9.77. The fourth-order valence-electron chi connectivity index (χ4n) is 2.96. The second-order valence-electron chi connectivity index (χ2n) is 6.93. The molecule has 0 spiro atoms. The standard InChI is InChI=1S/C22H32N2O4/c1-4-13-28-14-6-5-10-22(27)24-21-9-7-8-19(18(3)26)20(21)15-17(2)11-12-23-16-25/h4,7-9,16-17H,1,5-6,10-15H2,2-3H3,(H,23,25)(H,24,27). The first kappa shape index (κ1) is 23.6. The van der Waals surface area contributed by atoms with Crippen LogP contribution in [0, 0.1) is 5.92 Å². The molecule has 0 aromatic heterocycles. The summed E-state index contributed by atoms with van der Waals surface area (Å²) in [7, 11) is 0. The van der Waals surface area contributed by atoms with Crippen molar-refractivity contribution in [2.24, 2.45) is 5.92 Å². The van der Waals surface area contributed by atoms with Gasteiger partial charge in [-0.15, -0.1) is 6.58 Å². The van der Waals surface area contributed by atoms with Crippen LogP contribution in [0.3, 0.4) is 0 Å². The van der Waals surface area contributed by atoms with Crippen LogP contribution in [-0.2, 0) is 20.7 Å². The Balaban J connectivity index is 2.72. The lowest BCUT2D eigenvalue weighted by Crippen LogP contribution is -2.18. The second kappa shape index (κ2) is 13.7. The molecule has 6 heteroatoms. The molecule has 0 aliphatic rings. The Hall–Kier alpha value is -2.47. The van der Waals surface area contributed by atoms with E-state index in [9.17, 15) is 14.4 Å². The highest BCUT2D eigenvalue weighted by Crippen LogP contribution is 2.25. The summed E-state index contributed by atoms with van der Waals surface area (Å²) in [5, 5.41) is 5.62. The largest absolute Gasteiger partial charge is 0.377 e. The molecule has 0 bridgehead atoms. The van der Waals surface area contributed by atoms with Crippen LogP contribution in [0.25, 0.3) is 0 Å². The fourth-order valence-corrected chi connectivity index (χ4v) is 2.96. The molecule has 1 unspecified atom stereocenters. The maximum atomic E-state index is 12.3. The van der Waals surface area contributed by atoms with Crippen molar-refractivity contribution >= 4 is 23.8 Å². The minimum atomic E-state index is -0.0686. The van der Waals surface area contributed by atoms with Gasteiger partial charge in [-0.3, -0.25) is 14.4 Å². The molecule has 2 amide bonds. The number of ketones is 1. The topological polar surface area (TPSA) is 84.5 Å². The molecule has 1 aromatic rings. The van der Waals surface area contributed by atoms with E-state index in [1.165, 1.54) is 6.92 Å². The number of amides is 2. The van der Waals surface area contributed by atoms with Gasteiger partial charge in [0.15, 0.2) is 5.78 Å². The number of ether oxygens (including phenoxy) is 1.